The number of rotatable bonds is 6. The lowest BCUT2D eigenvalue weighted by atomic mass is 10.0. The van der Waals surface area contributed by atoms with Gasteiger partial charge >= 0.3 is 0 Å². The van der Waals surface area contributed by atoms with Crippen LogP contribution >= 0.6 is 0 Å². The lowest BCUT2D eigenvalue weighted by molar-refractivity contribution is -0.121. The molecule has 0 aromatic heterocycles. The Kier molecular flexibility index (Phi) is 4.68. The zero-order valence-corrected chi connectivity index (χ0v) is 10.6. The number of nitrogens with two attached hydrogens (primary N) is 1. The molecule has 1 aliphatic rings. The third kappa shape index (κ3) is 3.42. The summed E-state index contributed by atoms with van der Waals surface area (Å²) in [6, 6.07) is -0.673. The van der Waals surface area contributed by atoms with Gasteiger partial charge in [-0.15, -0.1) is 6.58 Å². The number of carbonyl (C=O) groups excluding carboxylic acids is 1. The molecule has 0 bridgehead atoms. The SMILES string of the molecule is C=C[C@@H](C)C(N)C(=O)NS(=O)[C@H](C)C1CC1. The van der Waals surface area contributed by atoms with Crippen molar-refractivity contribution in [1.82, 2.24) is 4.72 Å². The molecule has 0 spiro atoms. The monoisotopic (exact) mass is 244 g/mol. The molecule has 1 amide bonds. The summed E-state index contributed by atoms with van der Waals surface area (Å²) < 4.78 is 14.2. The van der Waals surface area contributed by atoms with Crippen LogP contribution in [0, 0.1) is 11.8 Å². The van der Waals surface area contributed by atoms with E-state index in [2.05, 4.69) is 11.3 Å². The number of amides is 1. The highest BCUT2D eigenvalue weighted by Crippen LogP contribution is 2.34. The van der Waals surface area contributed by atoms with Gasteiger partial charge in [-0.05, 0) is 31.6 Å². The van der Waals surface area contributed by atoms with Gasteiger partial charge in [0.2, 0.25) is 5.91 Å². The van der Waals surface area contributed by atoms with E-state index in [1.54, 1.807) is 6.08 Å². The van der Waals surface area contributed by atoms with Crippen LogP contribution in [0.1, 0.15) is 26.7 Å². The zero-order chi connectivity index (χ0) is 12.3. The van der Waals surface area contributed by atoms with Crippen LogP contribution in [0.5, 0.6) is 0 Å². The van der Waals surface area contributed by atoms with Crippen molar-refractivity contribution in [2.75, 3.05) is 0 Å². The van der Waals surface area contributed by atoms with E-state index in [1.165, 1.54) is 0 Å². The highest BCUT2D eigenvalue weighted by molar-refractivity contribution is 7.84. The molecule has 1 fully saturated rings. The van der Waals surface area contributed by atoms with Gasteiger partial charge in [0.05, 0.1) is 11.3 Å². The highest BCUT2D eigenvalue weighted by Gasteiger charge is 2.33. The summed E-state index contributed by atoms with van der Waals surface area (Å²) in [5.74, 6) is 0.0145. The smallest absolute Gasteiger partial charge is 0.249 e. The maximum Gasteiger partial charge on any atom is 0.249 e. The second-order valence-corrected chi connectivity index (χ2v) is 5.97. The summed E-state index contributed by atoms with van der Waals surface area (Å²) in [7, 11) is -1.32. The van der Waals surface area contributed by atoms with E-state index >= 15 is 0 Å². The summed E-state index contributed by atoms with van der Waals surface area (Å²) in [4.78, 5) is 11.6. The van der Waals surface area contributed by atoms with Crippen molar-refractivity contribution in [2.24, 2.45) is 17.6 Å². The van der Waals surface area contributed by atoms with Crippen LogP contribution in [0.4, 0.5) is 0 Å². The molecule has 2 unspecified atom stereocenters. The Morgan fingerprint density at radius 2 is 2.12 bits per heavy atom. The van der Waals surface area contributed by atoms with Gasteiger partial charge in [-0.3, -0.25) is 9.52 Å². The standard InChI is InChI=1S/C11H20N2O2S/c1-4-7(2)10(12)11(14)13-16(15)8(3)9-5-6-9/h4,7-10H,1,5-6,12H2,2-3H3,(H,13,14)/t7-,8-,10?,16?/m1/s1. The predicted octanol–water partition coefficient (Wildman–Crippen LogP) is 0.714. The molecule has 16 heavy (non-hydrogen) atoms. The lowest BCUT2D eigenvalue weighted by Gasteiger charge is -2.17. The topological polar surface area (TPSA) is 72.2 Å². The Morgan fingerprint density at radius 1 is 1.56 bits per heavy atom. The summed E-state index contributed by atoms with van der Waals surface area (Å²) in [5, 5.41) is 0.0233. The largest absolute Gasteiger partial charge is 0.319 e. The quantitative estimate of drug-likeness (QED) is 0.676. The number of hydrogen-bond acceptors (Lipinski definition) is 3. The van der Waals surface area contributed by atoms with E-state index < -0.39 is 17.0 Å². The van der Waals surface area contributed by atoms with Gasteiger partial charge in [0.25, 0.3) is 0 Å². The number of nitrogens with one attached hydrogen (secondary N) is 1. The van der Waals surface area contributed by atoms with E-state index in [9.17, 15) is 9.00 Å². The molecule has 0 saturated heterocycles. The second-order valence-electron chi connectivity index (χ2n) is 4.43. The van der Waals surface area contributed by atoms with E-state index in [0.717, 1.165) is 12.8 Å². The van der Waals surface area contributed by atoms with Crippen LogP contribution in [0.2, 0.25) is 0 Å². The molecule has 1 saturated carbocycles. The van der Waals surface area contributed by atoms with Crippen LogP contribution in [-0.4, -0.2) is 21.4 Å². The Hall–Kier alpha value is -0.680. The third-order valence-electron chi connectivity index (χ3n) is 3.07. The molecule has 0 aromatic rings. The summed E-state index contributed by atoms with van der Waals surface area (Å²) in [6.07, 6.45) is 3.84. The van der Waals surface area contributed by atoms with Crippen molar-refractivity contribution in [2.45, 2.75) is 38.0 Å². The molecule has 0 radical (unpaired) electrons. The molecule has 0 aliphatic heterocycles. The van der Waals surface area contributed by atoms with E-state index in [-0.39, 0.29) is 17.1 Å². The van der Waals surface area contributed by atoms with Crippen molar-refractivity contribution in [3.8, 4) is 0 Å². The van der Waals surface area contributed by atoms with Crippen molar-refractivity contribution in [1.29, 1.82) is 0 Å². The minimum Gasteiger partial charge on any atom is -0.319 e. The van der Waals surface area contributed by atoms with Crippen LogP contribution in [0.3, 0.4) is 0 Å². The minimum absolute atomic E-state index is 0.0233. The average molecular weight is 244 g/mol. The molecule has 3 N–H and O–H groups in total. The maximum atomic E-state index is 11.7. The van der Waals surface area contributed by atoms with Gasteiger partial charge in [0.15, 0.2) is 0 Å². The van der Waals surface area contributed by atoms with Gasteiger partial charge in [0.1, 0.15) is 11.0 Å². The van der Waals surface area contributed by atoms with Crippen molar-refractivity contribution < 1.29 is 9.00 Å². The summed E-state index contributed by atoms with van der Waals surface area (Å²) in [5.41, 5.74) is 5.69. The molecule has 5 heteroatoms. The lowest BCUT2D eigenvalue weighted by Crippen LogP contribution is -2.46. The van der Waals surface area contributed by atoms with Gasteiger partial charge in [-0.1, -0.05) is 13.0 Å². The first-order valence-electron chi connectivity index (χ1n) is 5.56. The Bertz CT molecular complexity index is 302. The molecule has 92 valence electrons. The molecule has 1 aliphatic carbocycles. The van der Waals surface area contributed by atoms with E-state index in [0.29, 0.717) is 5.92 Å². The second kappa shape index (κ2) is 5.59. The zero-order valence-electron chi connectivity index (χ0n) is 9.81. The molecular formula is C11H20N2O2S. The van der Waals surface area contributed by atoms with Crippen LogP contribution < -0.4 is 10.5 Å². The van der Waals surface area contributed by atoms with E-state index in [1.807, 2.05) is 13.8 Å². The van der Waals surface area contributed by atoms with Crippen LogP contribution in [0.15, 0.2) is 12.7 Å². The molecule has 0 heterocycles. The molecule has 1 rings (SSSR count). The van der Waals surface area contributed by atoms with Crippen LogP contribution in [-0.2, 0) is 15.8 Å². The molecular weight excluding hydrogens is 224 g/mol. The first-order chi connectivity index (χ1) is 7.47. The predicted molar refractivity (Wildman–Crippen MR) is 65.8 cm³/mol. The molecule has 0 aromatic carbocycles. The fraction of sp³-hybridized carbons (Fsp3) is 0.727. The summed E-state index contributed by atoms with van der Waals surface area (Å²) in [6.45, 7) is 7.29. The number of carbonyl (C=O) groups is 1. The Balaban J connectivity index is 2.43. The Labute approximate surface area is 99.3 Å². The molecule has 4 atom stereocenters. The number of hydrogen-bond donors (Lipinski definition) is 2. The Morgan fingerprint density at radius 3 is 2.56 bits per heavy atom. The van der Waals surface area contributed by atoms with Crippen molar-refractivity contribution in [3.05, 3.63) is 12.7 Å². The first-order valence-corrected chi connectivity index (χ1v) is 6.78. The van der Waals surface area contributed by atoms with E-state index in [4.69, 9.17) is 5.73 Å². The third-order valence-corrected chi connectivity index (χ3v) is 4.53. The minimum atomic E-state index is -1.32. The van der Waals surface area contributed by atoms with Gasteiger partial charge < -0.3 is 5.73 Å². The normalized spacial score (nSPS) is 22.9. The fourth-order valence-electron chi connectivity index (χ4n) is 1.39. The molecule has 4 nitrogen and oxygen atoms in total. The van der Waals surface area contributed by atoms with Gasteiger partial charge in [0, 0.05) is 0 Å². The van der Waals surface area contributed by atoms with Crippen molar-refractivity contribution in [3.63, 3.8) is 0 Å². The highest BCUT2D eigenvalue weighted by atomic mass is 32.2. The maximum absolute atomic E-state index is 11.7. The fourth-order valence-corrected chi connectivity index (χ4v) is 2.53. The van der Waals surface area contributed by atoms with Gasteiger partial charge in [-0.2, -0.15) is 0 Å². The average Bonchev–Trinajstić information content (AvgIpc) is 3.09. The summed E-state index contributed by atoms with van der Waals surface area (Å²) >= 11 is 0. The van der Waals surface area contributed by atoms with Crippen LogP contribution in [0.25, 0.3) is 0 Å². The van der Waals surface area contributed by atoms with Crippen molar-refractivity contribution >= 4 is 16.9 Å². The van der Waals surface area contributed by atoms with Gasteiger partial charge in [-0.25, -0.2) is 4.21 Å². The first kappa shape index (κ1) is 13.4.